The number of methoxy groups -OCH3 is 1. The van der Waals surface area contributed by atoms with Crippen molar-refractivity contribution in [3.8, 4) is 5.75 Å². The molecule has 1 unspecified atom stereocenters. The van der Waals surface area contributed by atoms with Gasteiger partial charge in [-0.1, -0.05) is 17.7 Å². The van der Waals surface area contributed by atoms with Crippen molar-refractivity contribution < 1.29 is 23.8 Å². The molecular weight excluding hydrogens is 538 g/mol. The number of ketones is 1. The number of likely N-dealkylation sites (N-methyl/N-ethyl adjacent to an activating group) is 1. The molecule has 1 N–H and O–H groups in total. The van der Waals surface area contributed by atoms with Crippen LogP contribution in [0.5, 0.6) is 5.75 Å². The monoisotopic (exact) mass is 563 g/mol. The van der Waals surface area contributed by atoms with E-state index >= 15 is 0 Å². The van der Waals surface area contributed by atoms with E-state index in [1.807, 2.05) is 41.8 Å². The summed E-state index contributed by atoms with van der Waals surface area (Å²) in [6.07, 6.45) is 0. The van der Waals surface area contributed by atoms with Gasteiger partial charge < -0.3 is 24.1 Å². The summed E-state index contributed by atoms with van der Waals surface area (Å²) in [6, 6.07) is 15.4. The molecule has 2 aliphatic rings. The molecule has 10 heteroatoms. The van der Waals surface area contributed by atoms with Gasteiger partial charge in [-0.25, -0.2) is 0 Å². The van der Waals surface area contributed by atoms with E-state index in [1.165, 1.54) is 23.3 Å². The lowest BCUT2D eigenvalue weighted by Crippen LogP contribution is -2.44. The van der Waals surface area contributed by atoms with Crippen LogP contribution in [0.4, 0.5) is 11.4 Å². The molecule has 8 nitrogen and oxygen atoms in total. The molecule has 0 radical (unpaired) electrons. The van der Waals surface area contributed by atoms with Gasteiger partial charge in [-0.05, 0) is 54.9 Å². The maximum atomic E-state index is 13.9. The summed E-state index contributed by atoms with van der Waals surface area (Å²) < 4.78 is 11.2. The molecule has 2 aliphatic heterocycles. The number of ether oxygens (including phenoxy) is 1. The van der Waals surface area contributed by atoms with Crippen molar-refractivity contribution in [2.24, 2.45) is 0 Å². The van der Waals surface area contributed by atoms with Crippen LogP contribution in [0.25, 0.3) is 11.0 Å². The second-order valence-electron chi connectivity index (χ2n) is 9.63. The summed E-state index contributed by atoms with van der Waals surface area (Å²) in [4.78, 5) is 34.2. The molecule has 2 aromatic carbocycles. The fourth-order valence-corrected chi connectivity index (χ4v) is 6.23. The number of benzene rings is 2. The number of carbonyl (C=O) groups is 2. The minimum absolute atomic E-state index is 0.0197. The molecule has 2 aromatic heterocycles. The molecule has 4 aromatic rings. The second kappa shape index (κ2) is 10.1. The highest BCUT2D eigenvalue weighted by Crippen LogP contribution is 2.44. The van der Waals surface area contributed by atoms with E-state index in [-0.39, 0.29) is 11.3 Å². The Labute approximate surface area is 234 Å². The normalized spacial score (nSPS) is 18.4. The third-order valence-electron chi connectivity index (χ3n) is 7.25. The molecule has 4 heterocycles. The molecule has 200 valence electrons. The predicted molar refractivity (Wildman–Crippen MR) is 152 cm³/mol. The lowest BCUT2D eigenvalue weighted by atomic mass is 10.00. The highest BCUT2D eigenvalue weighted by molar-refractivity contribution is 7.10. The largest absolute Gasteiger partial charge is 0.503 e. The van der Waals surface area contributed by atoms with Crippen LogP contribution in [-0.4, -0.2) is 62.0 Å². The van der Waals surface area contributed by atoms with Crippen molar-refractivity contribution in [1.29, 1.82) is 0 Å². The molecule has 1 fully saturated rings. The second-order valence-corrected chi connectivity index (χ2v) is 11.0. The molecule has 0 saturated carbocycles. The van der Waals surface area contributed by atoms with Crippen LogP contribution in [0.1, 0.15) is 21.5 Å². The number of anilines is 2. The topological polar surface area (TPSA) is 86.5 Å². The molecule has 0 aliphatic carbocycles. The van der Waals surface area contributed by atoms with Crippen LogP contribution in [0.2, 0.25) is 5.02 Å². The number of amides is 1. The Morgan fingerprint density at radius 3 is 2.46 bits per heavy atom. The van der Waals surface area contributed by atoms with Crippen molar-refractivity contribution in [2.45, 2.75) is 6.04 Å². The Morgan fingerprint density at radius 1 is 1.08 bits per heavy atom. The van der Waals surface area contributed by atoms with E-state index < -0.39 is 23.5 Å². The number of fused-ring (bicyclic) bond motifs is 1. The number of thiophene rings is 1. The number of carbonyl (C=O) groups excluding carboxylic acids is 2. The quantitative estimate of drug-likeness (QED) is 0.302. The molecule has 6 rings (SSSR count). The van der Waals surface area contributed by atoms with E-state index in [2.05, 4.69) is 16.8 Å². The minimum Gasteiger partial charge on any atom is -0.503 e. The molecule has 1 amide bonds. The fourth-order valence-electron chi connectivity index (χ4n) is 5.19. The van der Waals surface area contributed by atoms with Crippen molar-refractivity contribution in [3.63, 3.8) is 0 Å². The average Bonchev–Trinajstić information content (AvgIpc) is 3.67. The first-order chi connectivity index (χ1) is 18.9. The third-order valence-corrected chi connectivity index (χ3v) is 8.40. The Balaban J connectivity index is 1.37. The summed E-state index contributed by atoms with van der Waals surface area (Å²) >= 11 is 7.60. The number of hydrogen-bond donors (Lipinski definition) is 1. The van der Waals surface area contributed by atoms with Crippen LogP contribution in [0.3, 0.4) is 0 Å². The number of nitrogens with zero attached hydrogens (tertiary/aromatic N) is 3. The van der Waals surface area contributed by atoms with Gasteiger partial charge in [-0.2, -0.15) is 0 Å². The van der Waals surface area contributed by atoms with Crippen LogP contribution < -0.4 is 14.5 Å². The van der Waals surface area contributed by atoms with Gasteiger partial charge in [0.1, 0.15) is 6.04 Å². The van der Waals surface area contributed by atoms with E-state index in [1.54, 1.807) is 18.2 Å². The van der Waals surface area contributed by atoms with Gasteiger partial charge in [0.15, 0.2) is 22.9 Å². The Hall–Kier alpha value is -3.79. The van der Waals surface area contributed by atoms with Gasteiger partial charge in [-0.15, -0.1) is 11.3 Å². The summed E-state index contributed by atoms with van der Waals surface area (Å²) in [5.41, 5.74) is 1.98. The highest BCUT2D eigenvalue weighted by atomic mass is 35.5. The molecule has 0 bridgehead atoms. The van der Waals surface area contributed by atoms with Gasteiger partial charge in [0, 0.05) is 58.9 Å². The van der Waals surface area contributed by atoms with Crippen LogP contribution in [0, 0.1) is 0 Å². The molecular formula is C29H26ClN3O5S. The van der Waals surface area contributed by atoms with Gasteiger partial charge in [0.2, 0.25) is 5.78 Å². The van der Waals surface area contributed by atoms with Crippen LogP contribution in [0.15, 0.2) is 75.7 Å². The van der Waals surface area contributed by atoms with Gasteiger partial charge in [0.25, 0.3) is 5.91 Å². The van der Waals surface area contributed by atoms with Gasteiger partial charge in [0.05, 0.1) is 12.7 Å². The summed E-state index contributed by atoms with van der Waals surface area (Å²) in [5, 5.41) is 14.0. The zero-order valence-electron chi connectivity index (χ0n) is 21.4. The third kappa shape index (κ3) is 4.46. The summed E-state index contributed by atoms with van der Waals surface area (Å²) in [5.74, 6) is -1.44. The Bertz CT molecular complexity index is 1590. The lowest BCUT2D eigenvalue weighted by molar-refractivity contribution is -0.117. The average molecular weight is 564 g/mol. The molecule has 39 heavy (non-hydrogen) atoms. The Morgan fingerprint density at radius 2 is 1.79 bits per heavy atom. The maximum absolute atomic E-state index is 13.9. The number of rotatable bonds is 6. The number of aliphatic hydroxyl groups is 1. The van der Waals surface area contributed by atoms with E-state index in [4.69, 9.17) is 20.8 Å². The van der Waals surface area contributed by atoms with E-state index in [9.17, 15) is 14.7 Å². The maximum Gasteiger partial charge on any atom is 0.294 e. The Kier molecular flexibility index (Phi) is 6.58. The number of aliphatic hydroxyl groups excluding tert-OH is 1. The number of piperazine rings is 1. The highest BCUT2D eigenvalue weighted by Gasteiger charge is 2.46. The zero-order chi connectivity index (χ0) is 27.3. The van der Waals surface area contributed by atoms with Crippen molar-refractivity contribution in [1.82, 2.24) is 4.90 Å². The van der Waals surface area contributed by atoms with Crippen LogP contribution in [-0.2, 0) is 4.79 Å². The van der Waals surface area contributed by atoms with Gasteiger partial charge >= 0.3 is 0 Å². The fraction of sp³-hybridized carbons (Fsp3) is 0.241. The number of Topliss-reactive ketones (excluding diaryl/α,β-unsaturated/α-hetero) is 1. The summed E-state index contributed by atoms with van der Waals surface area (Å²) in [7, 11) is 3.60. The molecule has 0 spiro atoms. The van der Waals surface area contributed by atoms with E-state index in [0.29, 0.717) is 27.4 Å². The zero-order valence-corrected chi connectivity index (χ0v) is 23.0. The number of furan rings is 1. The first kappa shape index (κ1) is 25.5. The van der Waals surface area contributed by atoms with Crippen molar-refractivity contribution >= 4 is 57.0 Å². The number of hydrogen-bond acceptors (Lipinski definition) is 8. The lowest BCUT2D eigenvalue weighted by Gasteiger charge is -2.34. The number of halogens is 1. The predicted octanol–water partition coefficient (Wildman–Crippen LogP) is 5.69. The first-order valence-electron chi connectivity index (χ1n) is 12.5. The SMILES string of the molecule is COc1cc(Cl)cc2cc(C(=O)C3=C(O)C(=O)N(c4ccc(N5CCN(C)CC5)cc4)C3c3cccs3)oc12. The smallest absolute Gasteiger partial charge is 0.294 e. The molecule has 1 atom stereocenters. The first-order valence-corrected chi connectivity index (χ1v) is 13.8. The standard InChI is InChI=1S/C29H26ClN3O5S/c1-31-9-11-32(12-10-31)19-5-7-20(8-6-19)33-25(23-4-3-13-39-23)24(27(35)29(33)36)26(34)21-15-17-14-18(30)16-22(37-2)28(17)38-21/h3-8,13-16,25,35H,9-12H2,1-2H3. The van der Waals surface area contributed by atoms with Crippen molar-refractivity contribution in [3.05, 3.63) is 87.0 Å². The molecule has 1 saturated heterocycles. The van der Waals surface area contributed by atoms with E-state index in [0.717, 1.165) is 36.7 Å². The van der Waals surface area contributed by atoms with Crippen LogP contribution >= 0.6 is 22.9 Å². The van der Waals surface area contributed by atoms with Gasteiger partial charge in [-0.3, -0.25) is 14.5 Å². The summed E-state index contributed by atoms with van der Waals surface area (Å²) in [6.45, 7) is 3.81. The minimum atomic E-state index is -0.807. The van der Waals surface area contributed by atoms with Crippen molar-refractivity contribution in [2.75, 3.05) is 50.1 Å².